The van der Waals surface area contributed by atoms with E-state index in [1.54, 1.807) is 24.3 Å². The molecule has 1 aromatic carbocycles. The quantitative estimate of drug-likeness (QED) is 0.772. The third-order valence-electron chi connectivity index (χ3n) is 3.14. The molecule has 1 unspecified atom stereocenters. The number of nitrogens with two attached hydrogens (primary N) is 1. The number of hydrogen-bond acceptors (Lipinski definition) is 4. The van der Waals surface area contributed by atoms with Crippen molar-refractivity contribution in [2.24, 2.45) is 11.7 Å². The lowest BCUT2D eigenvalue weighted by Gasteiger charge is -2.15. The average molecular weight is 278 g/mol. The first-order chi connectivity index (χ1) is 9.43. The van der Waals surface area contributed by atoms with Gasteiger partial charge in [-0.25, -0.2) is 4.79 Å². The number of rotatable bonds is 6. The molecule has 0 saturated heterocycles. The number of benzene rings is 1. The van der Waals surface area contributed by atoms with E-state index in [0.717, 1.165) is 5.56 Å². The molecule has 110 valence electrons. The predicted octanol–water partition coefficient (Wildman–Crippen LogP) is 1.46. The third-order valence-corrected chi connectivity index (χ3v) is 3.14. The van der Waals surface area contributed by atoms with Gasteiger partial charge in [-0.05, 0) is 23.6 Å². The summed E-state index contributed by atoms with van der Waals surface area (Å²) in [6.07, 6.45) is 0.317. The number of methoxy groups -OCH3 is 1. The van der Waals surface area contributed by atoms with E-state index in [-0.39, 0.29) is 23.8 Å². The minimum absolute atomic E-state index is 0.0664. The van der Waals surface area contributed by atoms with E-state index in [9.17, 15) is 9.59 Å². The molecule has 0 fully saturated rings. The lowest BCUT2D eigenvalue weighted by molar-refractivity contribution is -0.121. The zero-order valence-corrected chi connectivity index (χ0v) is 12.2. The highest BCUT2D eigenvalue weighted by Gasteiger charge is 2.12. The molecular weight excluding hydrogens is 256 g/mol. The Balaban J connectivity index is 2.46. The molecule has 0 spiro atoms. The standard InChI is InChI=1S/C15H22N2O3/c1-10(2)13(16)8-14(18)17-9-11-4-6-12(7-5-11)15(19)20-3/h4-7,10,13H,8-9,16H2,1-3H3,(H,17,18). The number of hydrogen-bond donors (Lipinski definition) is 2. The van der Waals surface area contributed by atoms with Crippen molar-refractivity contribution in [1.82, 2.24) is 5.32 Å². The van der Waals surface area contributed by atoms with Crippen LogP contribution in [0.3, 0.4) is 0 Å². The van der Waals surface area contributed by atoms with E-state index >= 15 is 0 Å². The van der Waals surface area contributed by atoms with Crippen LogP contribution in [0.15, 0.2) is 24.3 Å². The van der Waals surface area contributed by atoms with Gasteiger partial charge in [-0.2, -0.15) is 0 Å². The normalized spacial score (nSPS) is 12.1. The van der Waals surface area contributed by atoms with Crippen molar-refractivity contribution in [3.05, 3.63) is 35.4 Å². The molecule has 0 saturated carbocycles. The minimum Gasteiger partial charge on any atom is -0.465 e. The van der Waals surface area contributed by atoms with Gasteiger partial charge in [0.25, 0.3) is 0 Å². The zero-order valence-electron chi connectivity index (χ0n) is 12.2. The van der Waals surface area contributed by atoms with Gasteiger partial charge < -0.3 is 15.8 Å². The van der Waals surface area contributed by atoms with Crippen molar-refractivity contribution in [3.8, 4) is 0 Å². The van der Waals surface area contributed by atoms with Gasteiger partial charge in [0.2, 0.25) is 5.91 Å². The Hall–Kier alpha value is -1.88. The number of amides is 1. The summed E-state index contributed by atoms with van der Waals surface area (Å²) in [6.45, 7) is 4.40. The second-order valence-corrected chi connectivity index (χ2v) is 5.08. The summed E-state index contributed by atoms with van der Waals surface area (Å²) >= 11 is 0. The minimum atomic E-state index is -0.372. The second kappa shape index (κ2) is 7.65. The van der Waals surface area contributed by atoms with Gasteiger partial charge in [-0.15, -0.1) is 0 Å². The first-order valence-electron chi connectivity index (χ1n) is 6.63. The summed E-state index contributed by atoms with van der Waals surface area (Å²) in [4.78, 5) is 23.0. The molecule has 0 heterocycles. The van der Waals surface area contributed by atoms with Gasteiger partial charge in [-0.3, -0.25) is 4.79 Å². The fraction of sp³-hybridized carbons (Fsp3) is 0.467. The summed E-state index contributed by atoms with van der Waals surface area (Å²) < 4.78 is 4.62. The number of esters is 1. The van der Waals surface area contributed by atoms with Crippen molar-refractivity contribution < 1.29 is 14.3 Å². The largest absolute Gasteiger partial charge is 0.465 e. The van der Waals surface area contributed by atoms with Crippen LogP contribution < -0.4 is 11.1 Å². The van der Waals surface area contributed by atoms with Crippen molar-refractivity contribution >= 4 is 11.9 Å². The molecule has 3 N–H and O–H groups in total. The summed E-state index contributed by atoms with van der Waals surface area (Å²) in [5, 5.41) is 2.81. The van der Waals surface area contributed by atoms with Crippen molar-refractivity contribution in [3.63, 3.8) is 0 Å². The third kappa shape index (κ3) is 5.01. The highest BCUT2D eigenvalue weighted by molar-refractivity contribution is 5.89. The van der Waals surface area contributed by atoms with Crippen LogP contribution in [-0.4, -0.2) is 25.0 Å². The Labute approximate surface area is 119 Å². The van der Waals surface area contributed by atoms with Crippen molar-refractivity contribution in [2.75, 3.05) is 7.11 Å². The topological polar surface area (TPSA) is 81.4 Å². The Morgan fingerprint density at radius 3 is 2.35 bits per heavy atom. The summed E-state index contributed by atoms with van der Waals surface area (Å²) in [5.41, 5.74) is 7.25. The molecule has 1 amide bonds. The smallest absolute Gasteiger partial charge is 0.337 e. The van der Waals surface area contributed by atoms with Gasteiger partial charge in [-0.1, -0.05) is 26.0 Å². The molecule has 20 heavy (non-hydrogen) atoms. The molecule has 5 heteroatoms. The molecule has 0 radical (unpaired) electrons. The highest BCUT2D eigenvalue weighted by atomic mass is 16.5. The highest BCUT2D eigenvalue weighted by Crippen LogP contribution is 2.06. The molecule has 1 rings (SSSR count). The Kier molecular flexibility index (Phi) is 6.18. The Bertz CT molecular complexity index is 455. The first kappa shape index (κ1) is 16.2. The summed E-state index contributed by atoms with van der Waals surface area (Å²) in [6, 6.07) is 6.79. The molecule has 0 bridgehead atoms. The predicted molar refractivity (Wildman–Crippen MR) is 77.1 cm³/mol. The molecule has 1 aromatic rings. The molecule has 1 atom stereocenters. The van der Waals surface area contributed by atoms with Crippen LogP contribution in [0.5, 0.6) is 0 Å². The molecule has 0 aliphatic heterocycles. The number of carbonyl (C=O) groups excluding carboxylic acids is 2. The average Bonchev–Trinajstić information content (AvgIpc) is 2.44. The van der Waals surface area contributed by atoms with E-state index in [1.165, 1.54) is 7.11 Å². The van der Waals surface area contributed by atoms with Gasteiger partial charge in [0, 0.05) is 19.0 Å². The molecule has 0 aromatic heterocycles. The van der Waals surface area contributed by atoms with Gasteiger partial charge in [0.1, 0.15) is 0 Å². The zero-order chi connectivity index (χ0) is 15.1. The molecular formula is C15H22N2O3. The number of carbonyl (C=O) groups is 2. The van der Waals surface area contributed by atoms with Crippen LogP contribution in [-0.2, 0) is 16.1 Å². The van der Waals surface area contributed by atoms with Crippen LogP contribution >= 0.6 is 0 Å². The molecule has 0 aliphatic carbocycles. The number of nitrogens with one attached hydrogen (secondary N) is 1. The van der Waals surface area contributed by atoms with E-state index in [1.807, 2.05) is 13.8 Å². The van der Waals surface area contributed by atoms with Crippen LogP contribution in [0.2, 0.25) is 0 Å². The van der Waals surface area contributed by atoms with Crippen molar-refractivity contribution in [1.29, 1.82) is 0 Å². The fourth-order valence-corrected chi connectivity index (χ4v) is 1.60. The van der Waals surface area contributed by atoms with Crippen LogP contribution in [0.4, 0.5) is 0 Å². The lowest BCUT2D eigenvalue weighted by Crippen LogP contribution is -2.34. The summed E-state index contributed by atoms with van der Waals surface area (Å²) in [5.74, 6) is -0.160. The van der Waals surface area contributed by atoms with Crippen LogP contribution in [0.1, 0.15) is 36.2 Å². The van der Waals surface area contributed by atoms with Crippen LogP contribution in [0.25, 0.3) is 0 Å². The maximum Gasteiger partial charge on any atom is 0.337 e. The SMILES string of the molecule is COC(=O)c1ccc(CNC(=O)CC(N)C(C)C)cc1. The van der Waals surface area contributed by atoms with Gasteiger partial charge in [0.15, 0.2) is 0 Å². The van der Waals surface area contributed by atoms with E-state index in [4.69, 9.17) is 5.73 Å². The van der Waals surface area contributed by atoms with E-state index in [0.29, 0.717) is 18.5 Å². The molecule has 0 aliphatic rings. The molecule has 5 nitrogen and oxygen atoms in total. The Morgan fingerprint density at radius 1 is 1.25 bits per heavy atom. The van der Waals surface area contributed by atoms with E-state index < -0.39 is 0 Å². The lowest BCUT2D eigenvalue weighted by atomic mass is 10.0. The van der Waals surface area contributed by atoms with Crippen LogP contribution in [0, 0.1) is 5.92 Å². The monoisotopic (exact) mass is 278 g/mol. The maximum absolute atomic E-state index is 11.7. The maximum atomic E-state index is 11.7. The van der Waals surface area contributed by atoms with Gasteiger partial charge in [0.05, 0.1) is 12.7 Å². The van der Waals surface area contributed by atoms with Crippen molar-refractivity contribution in [2.45, 2.75) is 32.9 Å². The summed E-state index contributed by atoms with van der Waals surface area (Å²) in [7, 11) is 1.34. The van der Waals surface area contributed by atoms with Gasteiger partial charge >= 0.3 is 5.97 Å². The number of ether oxygens (including phenoxy) is 1. The fourth-order valence-electron chi connectivity index (χ4n) is 1.60. The second-order valence-electron chi connectivity index (χ2n) is 5.08. The van der Waals surface area contributed by atoms with E-state index in [2.05, 4.69) is 10.1 Å². The Morgan fingerprint density at radius 2 is 1.85 bits per heavy atom. The first-order valence-corrected chi connectivity index (χ1v) is 6.63.